The fourth-order valence-electron chi connectivity index (χ4n) is 0.945. The van der Waals surface area contributed by atoms with E-state index in [0.717, 1.165) is 18.2 Å². The normalized spacial score (nSPS) is 10.8. The van der Waals surface area contributed by atoms with E-state index in [1.54, 1.807) is 0 Å². The number of non-ortho nitro benzene ring substituents is 1. The van der Waals surface area contributed by atoms with Crippen molar-refractivity contribution in [2.24, 2.45) is 0 Å². The van der Waals surface area contributed by atoms with Crippen LogP contribution in [0.25, 0.3) is 0 Å². The molecular formula is C10H6F3NO4. The van der Waals surface area contributed by atoms with E-state index in [2.05, 4.69) is 11.3 Å². The van der Waals surface area contributed by atoms with Gasteiger partial charge in [0.25, 0.3) is 5.69 Å². The van der Waals surface area contributed by atoms with Crippen molar-refractivity contribution in [1.82, 2.24) is 0 Å². The number of halogens is 3. The lowest BCUT2D eigenvalue weighted by atomic mass is 10.3. The zero-order valence-corrected chi connectivity index (χ0v) is 8.73. The maximum absolute atomic E-state index is 12.1. The molecule has 0 saturated heterocycles. The number of nitro benzene ring substituents is 1. The van der Waals surface area contributed by atoms with Crippen LogP contribution in [0.2, 0.25) is 0 Å². The third-order valence-electron chi connectivity index (χ3n) is 1.83. The van der Waals surface area contributed by atoms with Gasteiger partial charge in [0.05, 0.1) is 11.0 Å². The van der Waals surface area contributed by atoms with Gasteiger partial charge in [-0.2, -0.15) is 13.2 Å². The minimum atomic E-state index is -4.90. The number of nitro groups is 1. The summed E-state index contributed by atoms with van der Waals surface area (Å²) in [6, 6.07) is 4.24. The van der Waals surface area contributed by atoms with Crippen LogP contribution < -0.4 is 4.74 Å². The maximum atomic E-state index is 12.1. The summed E-state index contributed by atoms with van der Waals surface area (Å²) in [7, 11) is 0. The van der Waals surface area contributed by atoms with Gasteiger partial charge in [-0.05, 0) is 6.07 Å². The van der Waals surface area contributed by atoms with Crippen molar-refractivity contribution < 1.29 is 27.6 Å². The molecular weight excluding hydrogens is 255 g/mol. The fraction of sp³-hybridized carbons (Fsp3) is 0.100. The number of carbonyl (C=O) groups excluding carboxylic acids is 1. The monoisotopic (exact) mass is 261 g/mol. The largest absolute Gasteiger partial charge is 0.423 e. The molecule has 1 aromatic rings. The van der Waals surface area contributed by atoms with E-state index in [1.807, 2.05) is 0 Å². The van der Waals surface area contributed by atoms with Crippen LogP contribution in [0.3, 0.4) is 0 Å². The molecule has 0 aliphatic heterocycles. The van der Waals surface area contributed by atoms with Crippen LogP contribution in [-0.4, -0.2) is 17.1 Å². The van der Waals surface area contributed by atoms with Crippen molar-refractivity contribution in [1.29, 1.82) is 0 Å². The molecule has 0 amide bonds. The number of rotatable bonds is 3. The Hall–Kier alpha value is -2.38. The summed E-state index contributed by atoms with van der Waals surface area (Å²) >= 11 is 0. The van der Waals surface area contributed by atoms with Crippen molar-refractivity contribution in [2.75, 3.05) is 0 Å². The average molecular weight is 261 g/mol. The van der Waals surface area contributed by atoms with Crippen molar-refractivity contribution >= 4 is 11.7 Å². The van der Waals surface area contributed by atoms with Crippen LogP contribution in [0.1, 0.15) is 0 Å². The zero-order valence-electron chi connectivity index (χ0n) is 8.73. The second-order valence-corrected chi connectivity index (χ2v) is 3.12. The SMILES string of the molecule is C=C(C(=O)Oc1cccc([N+](=O)[O-])c1)C(F)(F)F. The minimum absolute atomic E-state index is 0.361. The molecule has 96 valence electrons. The number of nitrogens with zero attached hydrogens (tertiary/aromatic N) is 1. The Kier molecular flexibility index (Phi) is 3.70. The molecule has 0 heterocycles. The first-order valence-electron chi connectivity index (χ1n) is 4.44. The number of alkyl halides is 3. The van der Waals surface area contributed by atoms with Crippen LogP contribution in [-0.2, 0) is 4.79 Å². The highest BCUT2D eigenvalue weighted by molar-refractivity contribution is 5.90. The van der Waals surface area contributed by atoms with Crippen LogP contribution in [0, 0.1) is 10.1 Å². The molecule has 0 spiro atoms. The molecule has 1 rings (SSSR count). The lowest BCUT2D eigenvalue weighted by Gasteiger charge is -2.09. The molecule has 1 aromatic carbocycles. The van der Waals surface area contributed by atoms with Gasteiger partial charge in [-0.3, -0.25) is 10.1 Å². The third kappa shape index (κ3) is 3.30. The minimum Gasteiger partial charge on any atom is -0.423 e. The third-order valence-corrected chi connectivity index (χ3v) is 1.83. The second kappa shape index (κ2) is 4.86. The summed E-state index contributed by atoms with van der Waals surface area (Å²) in [6.45, 7) is 2.55. The van der Waals surface area contributed by atoms with Crippen LogP contribution in [0.5, 0.6) is 5.75 Å². The molecule has 0 aromatic heterocycles. The van der Waals surface area contributed by atoms with Crippen LogP contribution in [0.4, 0.5) is 18.9 Å². The number of hydrogen-bond donors (Lipinski definition) is 0. The van der Waals surface area contributed by atoms with Gasteiger partial charge >= 0.3 is 12.1 Å². The predicted octanol–water partition coefficient (Wildman–Crippen LogP) is 2.62. The summed E-state index contributed by atoms with van der Waals surface area (Å²) < 4.78 is 40.6. The zero-order chi connectivity index (χ0) is 13.9. The lowest BCUT2D eigenvalue weighted by molar-refractivity contribution is -0.384. The summed E-state index contributed by atoms with van der Waals surface area (Å²) in [5, 5.41) is 10.4. The van der Waals surface area contributed by atoms with Crippen LogP contribution in [0.15, 0.2) is 36.4 Å². The van der Waals surface area contributed by atoms with E-state index in [1.165, 1.54) is 6.07 Å². The molecule has 0 saturated carbocycles. The molecule has 0 unspecified atom stereocenters. The highest BCUT2D eigenvalue weighted by Gasteiger charge is 2.38. The molecule has 0 aliphatic carbocycles. The van der Waals surface area contributed by atoms with Crippen molar-refractivity contribution in [3.8, 4) is 5.75 Å². The Morgan fingerprint density at radius 1 is 1.39 bits per heavy atom. The average Bonchev–Trinajstić information content (AvgIpc) is 2.27. The predicted molar refractivity (Wildman–Crippen MR) is 53.9 cm³/mol. The van der Waals surface area contributed by atoms with Gasteiger partial charge in [-0.25, -0.2) is 4.79 Å². The van der Waals surface area contributed by atoms with E-state index in [4.69, 9.17) is 0 Å². The van der Waals surface area contributed by atoms with Gasteiger partial charge < -0.3 is 4.74 Å². The quantitative estimate of drug-likeness (QED) is 0.276. The smallest absolute Gasteiger partial charge is 0.422 e. The number of hydrogen-bond acceptors (Lipinski definition) is 4. The highest BCUT2D eigenvalue weighted by Crippen LogP contribution is 2.26. The second-order valence-electron chi connectivity index (χ2n) is 3.12. The van der Waals surface area contributed by atoms with E-state index in [9.17, 15) is 28.1 Å². The van der Waals surface area contributed by atoms with E-state index >= 15 is 0 Å². The van der Waals surface area contributed by atoms with Gasteiger partial charge in [0, 0.05) is 6.07 Å². The molecule has 18 heavy (non-hydrogen) atoms. The summed E-state index contributed by atoms with van der Waals surface area (Å²) in [6.07, 6.45) is -4.90. The highest BCUT2D eigenvalue weighted by atomic mass is 19.4. The van der Waals surface area contributed by atoms with Crippen molar-refractivity contribution in [2.45, 2.75) is 6.18 Å². The van der Waals surface area contributed by atoms with E-state index < -0.39 is 28.3 Å². The van der Waals surface area contributed by atoms with Gasteiger partial charge in [-0.1, -0.05) is 12.6 Å². The first-order valence-corrected chi connectivity index (χ1v) is 4.44. The number of benzene rings is 1. The molecule has 0 bridgehead atoms. The number of esters is 1. The first kappa shape index (κ1) is 13.7. The first-order chi connectivity index (χ1) is 8.21. The van der Waals surface area contributed by atoms with E-state index in [0.29, 0.717) is 0 Å². The molecule has 8 heteroatoms. The fourth-order valence-corrected chi connectivity index (χ4v) is 0.945. The summed E-state index contributed by atoms with van der Waals surface area (Å²) in [5.74, 6) is -2.07. The van der Waals surface area contributed by atoms with Crippen LogP contribution >= 0.6 is 0 Å². The number of ether oxygens (including phenoxy) is 1. The molecule has 0 fully saturated rings. The Balaban J connectivity index is 2.86. The Labute approximate surface area is 98.6 Å². The molecule has 0 atom stereocenters. The topological polar surface area (TPSA) is 69.4 Å². The molecule has 0 aliphatic rings. The lowest BCUT2D eigenvalue weighted by Crippen LogP contribution is -2.23. The summed E-state index contributed by atoms with van der Waals surface area (Å²) in [5.41, 5.74) is -2.09. The summed E-state index contributed by atoms with van der Waals surface area (Å²) in [4.78, 5) is 20.7. The van der Waals surface area contributed by atoms with Crippen molar-refractivity contribution in [3.63, 3.8) is 0 Å². The van der Waals surface area contributed by atoms with Gasteiger partial charge in [0.15, 0.2) is 0 Å². The van der Waals surface area contributed by atoms with Gasteiger partial charge in [-0.15, -0.1) is 0 Å². The molecule has 0 N–H and O–H groups in total. The molecule has 5 nitrogen and oxygen atoms in total. The van der Waals surface area contributed by atoms with Crippen molar-refractivity contribution in [3.05, 3.63) is 46.5 Å². The van der Waals surface area contributed by atoms with Gasteiger partial charge in [0.1, 0.15) is 11.3 Å². The van der Waals surface area contributed by atoms with E-state index in [-0.39, 0.29) is 5.75 Å². The maximum Gasteiger partial charge on any atom is 0.422 e. The number of carbonyl (C=O) groups is 1. The Morgan fingerprint density at radius 2 is 2.00 bits per heavy atom. The Bertz CT molecular complexity index is 510. The standard InChI is InChI=1S/C10H6F3NO4/c1-6(10(11,12)13)9(15)18-8-4-2-3-7(5-8)14(16)17/h2-5H,1H2. The van der Waals surface area contributed by atoms with Gasteiger partial charge in [0.2, 0.25) is 0 Å². The Morgan fingerprint density at radius 3 is 2.50 bits per heavy atom. The molecule has 0 radical (unpaired) electrons.